The highest BCUT2D eigenvalue weighted by Crippen LogP contribution is 2.08. The van der Waals surface area contributed by atoms with Crippen molar-refractivity contribution in [3.05, 3.63) is 47.4 Å². The third-order valence-electron chi connectivity index (χ3n) is 2.68. The van der Waals surface area contributed by atoms with E-state index in [4.69, 9.17) is 4.55 Å². The van der Waals surface area contributed by atoms with E-state index in [0.29, 0.717) is 0 Å². The molecule has 21 heavy (non-hydrogen) atoms. The SMILES string of the molecule is Cc1cc2nc(C)[nH]n2n1.Cc1ccc(S(=O)(=O)O)cc1. The molecule has 0 amide bonds. The largest absolute Gasteiger partial charge is 0.294 e. The van der Waals surface area contributed by atoms with Gasteiger partial charge in [0.1, 0.15) is 5.82 Å². The molecule has 0 spiro atoms. The topological polar surface area (TPSA) is 100 Å². The van der Waals surface area contributed by atoms with Gasteiger partial charge in [-0.1, -0.05) is 17.7 Å². The van der Waals surface area contributed by atoms with E-state index in [0.717, 1.165) is 22.7 Å². The van der Waals surface area contributed by atoms with Crippen LogP contribution in [-0.4, -0.2) is 32.8 Å². The average Bonchev–Trinajstić information content (AvgIpc) is 2.84. The summed E-state index contributed by atoms with van der Waals surface area (Å²) in [6, 6.07) is 7.92. The molecular formula is C13H16N4O3S. The predicted molar refractivity (Wildman–Crippen MR) is 77.8 cm³/mol. The maximum Gasteiger partial charge on any atom is 0.294 e. The van der Waals surface area contributed by atoms with Gasteiger partial charge in [-0.25, -0.2) is 4.98 Å². The molecule has 0 radical (unpaired) electrons. The lowest BCUT2D eigenvalue weighted by molar-refractivity contribution is 0.483. The van der Waals surface area contributed by atoms with Gasteiger partial charge < -0.3 is 0 Å². The van der Waals surface area contributed by atoms with Gasteiger partial charge in [-0.3, -0.25) is 9.65 Å². The number of rotatable bonds is 1. The van der Waals surface area contributed by atoms with Gasteiger partial charge in [-0.15, -0.1) is 0 Å². The van der Waals surface area contributed by atoms with Crippen molar-refractivity contribution in [3.63, 3.8) is 0 Å². The minimum atomic E-state index is -4.02. The number of nitrogens with zero attached hydrogens (tertiary/aromatic N) is 3. The van der Waals surface area contributed by atoms with E-state index in [-0.39, 0.29) is 4.90 Å². The summed E-state index contributed by atoms with van der Waals surface area (Å²) in [5, 5.41) is 7.11. The van der Waals surface area contributed by atoms with E-state index in [1.807, 2.05) is 26.8 Å². The lowest BCUT2D eigenvalue weighted by Crippen LogP contribution is -1.96. The van der Waals surface area contributed by atoms with Crippen LogP contribution in [0, 0.1) is 20.8 Å². The van der Waals surface area contributed by atoms with Crippen molar-refractivity contribution in [3.8, 4) is 0 Å². The van der Waals surface area contributed by atoms with Crippen LogP contribution in [0.25, 0.3) is 5.65 Å². The second kappa shape index (κ2) is 5.66. The molecular weight excluding hydrogens is 292 g/mol. The highest BCUT2D eigenvalue weighted by atomic mass is 32.2. The van der Waals surface area contributed by atoms with Crippen LogP contribution in [-0.2, 0) is 10.1 Å². The molecule has 0 aliphatic heterocycles. The molecule has 112 valence electrons. The highest BCUT2D eigenvalue weighted by molar-refractivity contribution is 7.85. The molecule has 2 heterocycles. The summed E-state index contributed by atoms with van der Waals surface area (Å²) in [6.07, 6.45) is 0. The fourth-order valence-electron chi connectivity index (χ4n) is 1.71. The Labute approximate surface area is 122 Å². The van der Waals surface area contributed by atoms with Crippen LogP contribution in [0.3, 0.4) is 0 Å². The van der Waals surface area contributed by atoms with Gasteiger partial charge in [0.2, 0.25) is 0 Å². The third kappa shape index (κ3) is 3.89. The number of aromatic nitrogens is 4. The van der Waals surface area contributed by atoms with Crippen LogP contribution in [0.2, 0.25) is 0 Å². The molecule has 0 aliphatic rings. The number of nitrogens with one attached hydrogen (secondary N) is 1. The number of hydrogen-bond donors (Lipinski definition) is 2. The molecule has 3 aromatic rings. The quantitative estimate of drug-likeness (QED) is 0.669. The van der Waals surface area contributed by atoms with Crippen molar-refractivity contribution in [1.29, 1.82) is 0 Å². The van der Waals surface area contributed by atoms with E-state index in [2.05, 4.69) is 15.2 Å². The van der Waals surface area contributed by atoms with E-state index >= 15 is 0 Å². The standard InChI is InChI=1S/C7H8O3S.C6H8N4/c1-6-2-4-7(5-3-6)11(8,9)10;1-4-3-6-7-5(2)9-10(6)8-4/h2-5H,1H3,(H,8,9,10);3H,1-2H3,(H,7,9). The number of H-pyrrole nitrogens is 1. The Bertz CT molecular complexity index is 784. The van der Waals surface area contributed by atoms with Crippen molar-refractivity contribution in [2.45, 2.75) is 25.7 Å². The summed E-state index contributed by atoms with van der Waals surface area (Å²) < 4.78 is 31.2. The smallest absolute Gasteiger partial charge is 0.282 e. The Balaban J connectivity index is 0.000000154. The van der Waals surface area contributed by atoms with Crippen LogP contribution < -0.4 is 0 Å². The van der Waals surface area contributed by atoms with Crippen LogP contribution in [0.15, 0.2) is 35.2 Å². The summed E-state index contributed by atoms with van der Waals surface area (Å²) in [6.45, 7) is 5.69. The second-order valence-electron chi connectivity index (χ2n) is 4.65. The first kappa shape index (κ1) is 15.2. The van der Waals surface area contributed by atoms with Crippen LogP contribution in [0.5, 0.6) is 0 Å². The van der Waals surface area contributed by atoms with Gasteiger partial charge in [0, 0.05) is 6.07 Å². The summed E-state index contributed by atoms with van der Waals surface area (Å²) in [5.41, 5.74) is 2.83. The first-order valence-corrected chi connectivity index (χ1v) is 7.63. The number of fused-ring (bicyclic) bond motifs is 1. The summed E-state index contributed by atoms with van der Waals surface area (Å²) in [7, 11) is -4.02. The van der Waals surface area contributed by atoms with Crippen LogP contribution in [0.4, 0.5) is 0 Å². The zero-order chi connectivity index (χ0) is 15.6. The number of hydrogen-bond acceptors (Lipinski definition) is 4. The van der Waals surface area contributed by atoms with Gasteiger partial charge in [0.05, 0.1) is 10.6 Å². The van der Waals surface area contributed by atoms with E-state index in [1.165, 1.54) is 12.1 Å². The molecule has 0 aliphatic carbocycles. The molecule has 2 aromatic heterocycles. The van der Waals surface area contributed by atoms with Crippen molar-refractivity contribution >= 4 is 15.8 Å². The lowest BCUT2D eigenvalue weighted by atomic mass is 10.2. The maximum absolute atomic E-state index is 10.5. The molecule has 0 fully saturated rings. The fraction of sp³-hybridized carbons (Fsp3) is 0.231. The van der Waals surface area contributed by atoms with Crippen molar-refractivity contribution in [2.75, 3.05) is 0 Å². The van der Waals surface area contributed by atoms with Gasteiger partial charge >= 0.3 is 0 Å². The summed E-state index contributed by atoms with van der Waals surface area (Å²) in [4.78, 5) is 4.11. The number of aryl methyl sites for hydroxylation is 3. The Kier molecular flexibility index (Phi) is 4.10. The Hall–Kier alpha value is -2.19. The Morgan fingerprint density at radius 3 is 2.29 bits per heavy atom. The normalized spacial score (nSPS) is 11.2. The molecule has 2 N–H and O–H groups in total. The molecule has 8 heteroatoms. The monoisotopic (exact) mass is 308 g/mol. The molecule has 0 saturated carbocycles. The van der Waals surface area contributed by atoms with Gasteiger partial charge in [0.15, 0.2) is 5.65 Å². The van der Waals surface area contributed by atoms with Crippen molar-refractivity contribution in [1.82, 2.24) is 19.8 Å². The molecule has 0 bridgehead atoms. The molecule has 7 nitrogen and oxygen atoms in total. The lowest BCUT2D eigenvalue weighted by Gasteiger charge is -1.95. The first-order chi connectivity index (χ1) is 9.75. The minimum Gasteiger partial charge on any atom is -0.282 e. The van der Waals surface area contributed by atoms with Gasteiger partial charge in [-0.05, 0) is 32.9 Å². The first-order valence-electron chi connectivity index (χ1n) is 6.19. The van der Waals surface area contributed by atoms with E-state index in [9.17, 15) is 8.42 Å². The zero-order valence-corrected chi connectivity index (χ0v) is 12.7. The Morgan fingerprint density at radius 1 is 1.14 bits per heavy atom. The second-order valence-corrected chi connectivity index (χ2v) is 6.07. The zero-order valence-electron chi connectivity index (χ0n) is 11.9. The molecule has 0 saturated heterocycles. The Morgan fingerprint density at radius 2 is 1.76 bits per heavy atom. The average molecular weight is 308 g/mol. The van der Waals surface area contributed by atoms with Crippen LogP contribution in [0.1, 0.15) is 17.1 Å². The number of aromatic amines is 1. The van der Waals surface area contributed by atoms with Crippen molar-refractivity contribution in [2.24, 2.45) is 0 Å². The summed E-state index contributed by atoms with van der Waals surface area (Å²) >= 11 is 0. The van der Waals surface area contributed by atoms with Crippen molar-refractivity contribution < 1.29 is 13.0 Å². The maximum atomic E-state index is 10.5. The van der Waals surface area contributed by atoms with Gasteiger partial charge in [-0.2, -0.15) is 18.1 Å². The molecule has 1 aromatic carbocycles. The van der Waals surface area contributed by atoms with E-state index in [1.54, 1.807) is 16.8 Å². The van der Waals surface area contributed by atoms with Gasteiger partial charge in [0.25, 0.3) is 10.1 Å². The summed E-state index contributed by atoms with van der Waals surface area (Å²) in [5.74, 6) is 0.891. The third-order valence-corrected chi connectivity index (χ3v) is 3.55. The number of benzene rings is 1. The van der Waals surface area contributed by atoms with Crippen LogP contribution >= 0.6 is 0 Å². The molecule has 0 atom stereocenters. The molecule has 3 rings (SSSR count). The predicted octanol–water partition coefficient (Wildman–Crippen LogP) is 1.92. The molecule has 0 unspecified atom stereocenters. The highest BCUT2D eigenvalue weighted by Gasteiger charge is 2.06. The van der Waals surface area contributed by atoms with E-state index < -0.39 is 10.1 Å². The fourth-order valence-corrected chi connectivity index (χ4v) is 2.19. The minimum absolute atomic E-state index is 0.0666.